The number of ether oxygens (including phenoxy) is 1. The second kappa shape index (κ2) is 7.47. The van der Waals surface area contributed by atoms with Gasteiger partial charge in [0.2, 0.25) is 0 Å². The number of hydrogen-bond donors (Lipinski definition) is 1. The lowest BCUT2D eigenvalue weighted by molar-refractivity contribution is 0.262. The summed E-state index contributed by atoms with van der Waals surface area (Å²) in [6, 6.07) is 10.8. The van der Waals surface area contributed by atoms with E-state index in [9.17, 15) is 0 Å². The molecule has 1 atom stereocenters. The molecule has 0 spiro atoms. The van der Waals surface area contributed by atoms with Crippen molar-refractivity contribution in [3.8, 4) is 5.75 Å². The van der Waals surface area contributed by atoms with Gasteiger partial charge < -0.3 is 15.0 Å². The second-order valence-electron chi connectivity index (χ2n) is 8.18. The molecule has 3 heterocycles. The summed E-state index contributed by atoms with van der Waals surface area (Å²) in [5, 5.41) is 12.6. The molecule has 1 unspecified atom stereocenters. The van der Waals surface area contributed by atoms with Gasteiger partial charge in [0.15, 0.2) is 5.82 Å². The second-order valence-corrected chi connectivity index (χ2v) is 8.18. The van der Waals surface area contributed by atoms with Crippen molar-refractivity contribution in [2.24, 2.45) is 5.92 Å². The Balaban J connectivity index is 1.10. The molecule has 3 aliphatic rings. The van der Waals surface area contributed by atoms with Crippen molar-refractivity contribution in [2.45, 2.75) is 38.0 Å². The Morgan fingerprint density at radius 2 is 1.96 bits per heavy atom. The van der Waals surface area contributed by atoms with E-state index in [4.69, 9.17) is 4.74 Å². The van der Waals surface area contributed by atoms with Gasteiger partial charge in [-0.25, -0.2) is 0 Å². The van der Waals surface area contributed by atoms with E-state index in [1.54, 1.807) is 0 Å². The number of anilines is 1. The Morgan fingerprint density at radius 3 is 2.93 bits per heavy atom. The number of aromatic nitrogens is 2. The first-order chi connectivity index (χ1) is 13.4. The fourth-order valence-corrected chi connectivity index (χ4v) is 4.61. The van der Waals surface area contributed by atoms with Crippen LogP contribution in [0.3, 0.4) is 0 Å². The molecule has 0 amide bonds. The van der Waals surface area contributed by atoms with Crippen LogP contribution in [-0.2, 0) is 12.8 Å². The molecule has 27 heavy (non-hydrogen) atoms. The number of nitrogens with one attached hydrogen (secondary N) is 1. The van der Waals surface area contributed by atoms with E-state index in [2.05, 4.69) is 50.7 Å². The average Bonchev–Trinajstić information content (AvgIpc) is 2.69. The third-order valence-electron chi connectivity index (χ3n) is 6.24. The minimum Gasteiger partial charge on any atom is -0.493 e. The highest BCUT2D eigenvalue weighted by Gasteiger charge is 2.29. The lowest BCUT2D eigenvalue weighted by Crippen LogP contribution is -2.51. The van der Waals surface area contributed by atoms with E-state index in [1.165, 1.54) is 36.1 Å². The maximum Gasteiger partial charge on any atom is 0.151 e. The molecule has 1 N–H and O–H groups in total. The first-order valence-electron chi connectivity index (χ1n) is 10.4. The monoisotopic (exact) mass is 364 g/mol. The number of fused-ring (bicyclic) bond motifs is 2. The van der Waals surface area contributed by atoms with Crippen LogP contribution in [0, 0.1) is 5.92 Å². The summed E-state index contributed by atoms with van der Waals surface area (Å²) in [6.07, 6.45) is 5.93. The van der Waals surface area contributed by atoms with Crippen molar-refractivity contribution in [1.82, 2.24) is 15.5 Å². The zero-order valence-corrected chi connectivity index (χ0v) is 15.9. The standard InChI is InChI=1S/C22H28N4O/c1-3-7-20-17(5-1)11-22(25-24-20)26-14-16(15-26)12-23-13-18-9-10-27-21-8-4-2-6-19(18)21/h2,4,6,8,11,16,18,23H,1,3,5,7,9-10,12-15H2. The fourth-order valence-electron chi connectivity index (χ4n) is 4.61. The van der Waals surface area contributed by atoms with Crippen LogP contribution in [0.25, 0.3) is 0 Å². The first kappa shape index (κ1) is 17.0. The van der Waals surface area contributed by atoms with Crippen LogP contribution in [0.2, 0.25) is 0 Å². The molecule has 0 saturated carbocycles. The maximum absolute atomic E-state index is 5.77. The van der Waals surface area contributed by atoms with Crippen molar-refractivity contribution in [3.63, 3.8) is 0 Å². The largest absolute Gasteiger partial charge is 0.493 e. The molecule has 1 aliphatic carbocycles. The lowest BCUT2D eigenvalue weighted by atomic mass is 9.92. The van der Waals surface area contributed by atoms with Gasteiger partial charge in [0, 0.05) is 38.0 Å². The van der Waals surface area contributed by atoms with E-state index in [0.717, 1.165) is 57.2 Å². The van der Waals surface area contributed by atoms with Crippen molar-refractivity contribution in [1.29, 1.82) is 0 Å². The molecular weight excluding hydrogens is 336 g/mol. The topological polar surface area (TPSA) is 50.3 Å². The molecule has 1 aromatic carbocycles. The van der Waals surface area contributed by atoms with Crippen molar-refractivity contribution in [3.05, 3.63) is 47.2 Å². The number of hydrogen-bond acceptors (Lipinski definition) is 5. The third kappa shape index (κ3) is 3.53. The van der Waals surface area contributed by atoms with Gasteiger partial charge in [-0.3, -0.25) is 0 Å². The van der Waals surface area contributed by atoms with Crippen LogP contribution in [0.1, 0.15) is 42.0 Å². The van der Waals surface area contributed by atoms with Gasteiger partial charge in [0.05, 0.1) is 12.3 Å². The van der Waals surface area contributed by atoms with Crippen molar-refractivity contribution < 1.29 is 4.74 Å². The Bertz CT molecular complexity index is 803. The lowest BCUT2D eigenvalue weighted by Gasteiger charge is -2.40. The Kier molecular flexibility index (Phi) is 4.70. The molecular formula is C22H28N4O. The van der Waals surface area contributed by atoms with Gasteiger partial charge in [0.25, 0.3) is 0 Å². The highest BCUT2D eigenvalue weighted by molar-refractivity contribution is 5.44. The predicted molar refractivity (Wildman–Crippen MR) is 107 cm³/mol. The van der Waals surface area contributed by atoms with Gasteiger partial charge in [-0.15, -0.1) is 5.10 Å². The van der Waals surface area contributed by atoms with E-state index in [-0.39, 0.29) is 0 Å². The van der Waals surface area contributed by atoms with Gasteiger partial charge in [-0.1, -0.05) is 18.2 Å². The SMILES string of the molecule is c1ccc2c(c1)OCCC2CNCC1CN(c2cc3c(nn2)CCCC3)C1. The first-order valence-corrected chi connectivity index (χ1v) is 10.4. The van der Waals surface area contributed by atoms with Crippen LogP contribution in [-0.4, -0.2) is 43.0 Å². The van der Waals surface area contributed by atoms with E-state index < -0.39 is 0 Å². The van der Waals surface area contributed by atoms with Gasteiger partial charge in [-0.2, -0.15) is 5.10 Å². The molecule has 0 radical (unpaired) electrons. The molecule has 0 bridgehead atoms. The van der Waals surface area contributed by atoms with Gasteiger partial charge >= 0.3 is 0 Å². The van der Waals surface area contributed by atoms with Crippen LogP contribution in [0.15, 0.2) is 30.3 Å². The van der Waals surface area contributed by atoms with Crippen LogP contribution < -0.4 is 15.0 Å². The predicted octanol–water partition coefficient (Wildman–Crippen LogP) is 2.95. The van der Waals surface area contributed by atoms with Gasteiger partial charge in [0.1, 0.15) is 5.75 Å². The minimum atomic E-state index is 0.567. The quantitative estimate of drug-likeness (QED) is 0.884. The summed E-state index contributed by atoms with van der Waals surface area (Å²) in [5.74, 6) is 3.41. The smallest absolute Gasteiger partial charge is 0.151 e. The molecule has 1 aromatic heterocycles. The number of aryl methyl sites for hydroxylation is 2. The Morgan fingerprint density at radius 1 is 1.07 bits per heavy atom. The molecule has 5 rings (SSSR count). The minimum absolute atomic E-state index is 0.567. The normalized spacial score (nSPS) is 21.8. The Labute approximate surface area is 161 Å². The summed E-state index contributed by atoms with van der Waals surface area (Å²) < 4.78 is 5.77. The summed E-state index contributed by atoms with van der Waals surface area (Å²) in [7, 11) is 0. The molecule has 5 heteroatoms. The van der Waals surface area contributed by atoms with Crippen molar-refractivity contribution >= 4 is 5.82 Å². The summed E-state index contributed by atoms with van der Waals surface area (Å²) >= 11 is 0. The number of rotatable bonds is 5. The molecule has 5 nitrogen and oxygen atoms in total. The van der Waals surface area contributed by atoms with Crippen LogP contribution in [0.4, 0.5) is 5.82 Å². The number of nitrogens with zero attached hydrogens (tertiary/aromatic N) is 3. The van der Waals surface area contributed by atoms with E-state index in [1.807, 2.05) is 0 Å². The molecule has 2 aliphatic heterocycles. The molecule has 2 aromatic rings. The van der Waals surface area contributed by atoms with E-state index in [0.29, 0.717) is 11.8 Å². The van der Waals surface area contributed by atoms with E-state index >= 15 is 0 Å². The fraction of sp³-hybridized carbons (Fsp3) is 0.545. The maximum atomic E-state index is 5.77. The number of benzene rings is 1. The Hall–Kier alpha value is -2.14. The average molecular weight is 364 g/mol. The van der Waals surface area contributed by atoms with Crippen LogP contribution in [0.5, 0.6) is 5.75 Å². The molecule has 142 valence electrons. The zero-order valence-electron chi connectivity index (χ0n) is 15.9. The summed E-state index contributed by atoms with van der Waals surface area (Å²) in [4.78, 5) is 2.37. The number of para-hydroxylation sites is 1. The highest BCUT2D eigenvalue weighted by atomic mass is 16.5. The molecule has 1 saturated heterocycles. The molecule has 1 fully saturated rings. The summed E-state index contributed by atoms with van der Waals surface area (Å²) in [6.45, 7) is 5.12. The summed E-state index contributed by atoms with van der Waals surface area (Å²) in [5.41, 5.74) is 4.00. The van der Waals surface area contributed by atoms with Crippen LogP contribution >= 0.6 is 0 Å². The van der Waals surface area contributed by atoms with Crippen molar-refractivity contribution in [2.75, 3.05) is 37.7 Å². The highest BCUT2D eigenvalue weighted by Crippen LogP contribution is 2.33. The van der Waals surface area contributed by atoms with Gasteiger partial charge in [-0.05, 0) is 55.4 Å². The zero-order chi connectivity index (χ0) is 18.1. The third-order valence-corrected chi connectivity index (χ3v) is 6.24.